The van der Waals surface area contributed by atoms with Gasteiger partial charge in [-0.1, -0.05) is 0 Å². The Kier molecular flexibility index (Phi) is 4.02. The maximum Gasteiger partial charge on any atom is 0.254 e. The first-order valence-corrected chi connectivity index (χ1v) is 7.34. The summed E-state index contributed by atoms with van der Waals surface area (Å²) in [5.41, 5.74) is 2.03. The summed E-state index contributed by atoms with van der Waals surface area (Å²) in [6, 6.07) is 3.21. The summed E-state index contributed by atoms with van der Waals surface area (Å²) in [5.74, 6) is -1.73. The number of carbonyl (C=O) groups is 1. The summed E-state index contributed by atoms with van der Waals surface area (Å²) < 4.78 is 33.4. The lowest BCUT2D eigenvalue weighted by atomic mass is 10.1. The zero-order valence-corrected chi connectivity index (χ0v) is 13.0. The number of hydrogen-bond donors (Lipinski definition) is 0. The van der Waals surface area contributed by atoms with E-state index in [4.69, 9.17) is 4.74 Å². The Balaban J connectivity index is 1.89. The highest BCUT2D eigenvalue weighted by Gasteiger charge is 2.26. The second-order valence-corrected chi connectivity index (χ2v) is 5.52. The number of carbonyl (C=O) groups excluding carboxylic acids is 1. The number of ether oxygens (including phenoxy) is 1. The van der Waals surface area contributed by atoms with E-state index in [-0.39, 0.29) is 11.5 Å². The minimum Gasteiger partial charge on any atom is -0.480 e. The molecule has 0 bridgehead atoms. The Morgan fingerprint density at radius 1 is 1.30 bits per heavy atom. The van der Waals surface area contributed by atoms with Crippen molar-refractivity contribution < 1.29 is 18.3 Å². The van der Waals surface area contributed by atoms with E-state index in [0.29, 0.717) is 19.0 Å². The molecule has 1 aliphatic heterocycles. The monoisotopic (exact) mass is 321 g/mol. The number of rotatable bonds is 2. The van der Waals surface area contributed by atoms with Gasteiger partial charge in [-0.05, 0) is 31.0 Å². The number of halogens is 2. The summed E-state index contributed by atoms with van der Waals surface area (Å²) >= 11 is 0. The van der Waals surface area contributed by atoms with Crippen LogP contribution in [-0.4, -0.2) is 34.2 Å². The molecule has 0 unspecified atom stereocenters. The van der Waals surface area contributed by atoms with Gasteiger partial charge in [0.05, 0.1) is 19.3 Å². The van der Waals surface area contributed by atoms with Gasteiger partial charge in [-0.3, -0.25) is 9.48 Å². The number of nitrogens with zero attached hydrogens (tertiary/aromatic N) is 3. The van der Waals surface area contributed by atoms with Crippen LogP contribution in [0, 0.1) is 11.6 Å². The van der Waals surface area contributed by atoms with Gasteiger partial charge in [0.2, 0.25) is 5.88 Å². The first kappa shape index (κ1) is 15.5. The maximum atomic E-state index is 13.4. The lowest BCUT2D eigenvalue weighted by molar-refractivity contribution is 0.0741. The zero-order chi connectivity index (χ0) is 16.6. The molecule has 0 atom stereocenters. The Bertz CT molecular complexity index is 758. The van der Waals surface area contributed by atoms with Crippen LogP contribution < -0.4 is 4.74 Å². The third-order valence-electron chi connectivity index (χ3n) is 4.08. The smallest absolute Gasteiger partial charge is 0.254 e. The van der Waals surface area contributed by atoms with Gasteiger partial charge >= 0.3 is 0 Å². The Labute approximate surface area is 132 Å². The molecule has 1 aromatic carbocycles. The summed E-state index contributed by atoms with van der Waals surface area (Å²) in [4.78, 5) is 14.2. The summed E-state index contributed by atoms with van der Waals surface area (Å²) in [5, 5.41) is 4.29. The molecule has 0 radical (unpaired) electrons. The van der Waals surface area contributed by atoms with Crippen molar-refractivity contribution in [3.8, 4) is 5.88 Å². The van der Waals surface area contributed by atoms with Gasteiger partial charge in [0.1, 0.15) is 0 Å². The number of fused-ring (bicyclic) bond motifs is 1. The second-order valence-electron chi connectivity index (χ2n) is 5.52. The molecule has 7 heteroatoms. The minimum atomic E-state index is -1.02. The van der Waals surface area contributed by atoms with E-state index in [0.717, 1.165) is 36.2 Å². The molecule has 5 nitrogen and oxygen atoms in total. The molecule has 0 N–H and O–H groups in total. The summed E-state index contributed by atoms with van der Waals surface area (Å²) in [6.07, 6.45) is 1.51. The molecular formula is C16H17F2N3O2. The third kappa shape index (κ3) is 2.78. The number of benzene rings is 1. The van der Waals surface area contributed by atoms with Gasteiger partial charge in [-0.25, -0.2) is 8.78 Å². The Morgan fingerprint density at radius 3 is 2.78 bits per heavy atom. The fourth-order valence-electron chi connectivity index (χ4n) is 2.88. The molecule has 0 spiro atoms. The average molecular weight is 321 g/mol. The van der Waals surface area contributed by atoms with Crippen LogP contribution in [0.2, 0.25) is 0 Å². The molecule has 122 valence electrons. The van der Waals surface area contributed by atoms with Crippen molar-refractivity contribution >= 4 is 5.91 Å². The molecule has 0 aliphatic carbocycles. The van der Waals surface area contributed by atoms with E-state index < -0.39 is 11.6 Å². The number of aryl methyl sites for hydroxylation is 1. The highest BCUT2D eigenvalue weighted by molar-refractivity contribution is 5.94. The average Bonchev–Trinajstić information content (AvgIpc) is 2.72. The summed E-state index contributed by atoms with van der Waals surface area (Å²) in [7, 11) is 3.37. The molecule has 0 saturated heterocycles. The maximum absolute atomic E-state index is 13.4. The van der Waals surface area contributed by atoms with Gasteiger partial charge in [0.25, 0.3) is 5.91 Å². The lowest BCUT2D eigenvalue weighted by Crippen LogP contribution is -2.31. The van der Waals surface area contributed by atoms with Gasteiger partial charge in [0.15, 0.2) is 11.6 Å². The first-order valence-electron chi connectivity index (χ1n) is 7.34. The molecule has 3 rings (SSSR count). The lowest BCUT2D eigenvalue weighted by Gasteiger charge is -2.21. The van der Waals surface area contributed by atoms with E-state index in [1.165, 1.54) is 6.07 Å². The fourth-order valence-corrected chi connectivity index (χ4v) is 2.88. The second kappa shape index (κ2) is 5.98. The molecular weight excluding hydrogens is 304 g/mol. The first-order chi connectivity index (χ1) is 11.0. The predicted octanol–water partition coefficient (Wildman–Crippen LogP) is 2.30. The highest BCUT2D eigenvalue weighted by Crippen LogP contribution is 2.27. The molecule has 2 heterocycles. The summed E-state index contributed by atoms with van der Waals surface area (Å²) in [6.45, 7) is 0.898. The quantitative estimate of drug-likeness (QED) is 0.853. The molecule has 0 saturated carbocycles. The highest BCUT2D eigenvalue weighted by atomic mass is 19.2. The van der Waals surface area contributed by atoms with Crippen molar-refractivity contribution in [2.24, 2.45) is 7.05 Å². The van der Waals surface area contributed by atoms with Gasteiger partial charge < -0.3 is 9.64 Å². The van der Waals surface area contributed by atoms with Crippen LogP contribution in [0.3, 0.4) is 0 Å². The number of methoxy groups -OCH3 is 1. The van der Waals surface area contributed by atoms with Crippen LogP contribution >= 0.6 is 0 Å². The van der Waals surface area contributed by atoms with Crippen molar-refractivity contribution in [1.29, 1.82) is 0 Å². The van der Waals surface area contributed by atoms with Crippen molar-refractivity contribution in [2.45, 2.75) is 19.4 Å². The fraction of sp³-hybridized carbons (Fsp3) is 0.375. The number of aromatic nitrogens is 2. The molecule has 1 aromatic heterocycles. The van der Waals surface area contributed by atoms with E-state index in [2.05, 4.69) is 5.10 Å². The van der Waals surface area contributed by atoms with Crippen LogP contribution in [0.25, 0.3) is 0 Å². The zero-order valence-electron chi connectivity index (χ0n) is 13.0. The van der Waals surface area contributed by atoms with Gasteiger partial charge in [-0.2, -0.15) is 0 Å². The Hall–Kier alpha value is -2.44. The van der Waals surface area contributed by atoms with Crippen LogP contribution in [-0.2, 0) is 20.0 Å². The number of hydrogen-bond acceptors (Lipinski definition) is 3. The van der Waals surface area contributed by atoms with Gasteiger partial charge in [-0.15, -0.1) is 5.10 Å². The minimum absolute atomic E-state index is 0.140. The van der Waals surface area contributed by atoms with Crippen LogP contribution in [0.4, 0.5) is 8.78 Å². The van der Waals surface area contributed by atoms with E-state index in [9.17, 15) is 13.6 Å². The topological polar surface area (TPSA) is 47.4 Å². The normalized spacial score (nSPS) is 14.3. The van der Waals surface area contributed by atoms with E-state index >= 15 is 0 Å². The third-order valence-corrected chi connectivity index (χ3v) is 4.08. The van der Waals surface area contributed by atoms with Crippen LogP contribution in [0.5, 0.6) is 5.88 Å². The largest absolute Gasteiger partial charge is 0.480 e. The molecule has 23 heavy (non-hydrogen) atoms. The van der Waals surface area contributed by atoms with Crippen molar-refractivity contribution in [3.05, 3.63) is 46.7 Å². The van der Waals surface area contributed by atoms with E-state index in [1.807, 2.05) is 0 Å². The van der Waals surface area contributed by atoms with E-state index in [1.54, 1.807) is 23.7 Å². The van der Waals surface area contributed by atoms with Crippen LogP contribution in [0.1, 0.15) is 28.0 Å². The molecule has 0 fully saturated rings. The SMILES string of the molecule is COc1nn(C)c2c1CCCN(C(=O)c1ccc(F)c(F)c1)C2. The van der Waals surface area contributed by atoms with Gasteiger partial charge in [0, 0.05) is 24.7 Å². The number of amides is 1. The molecule has 1 aliphatic rings. The Morgan fingerprint density at radius 2 is 2.09 bits per heavy atom. The van der Waals surface area contributed by atoms with Crippen molar-refractivity contribution in [1.82, 2.24) is 14.7 Å². The molecule has 1 amide bonds. The standard InChI is InChI=1S/C16H17F2N3O2/c1-20-14-9-21(7-3-4-11(14)15(19-20)23-2)16(22)10-5-6-12(17)13(18)8-10/h5-6,8H,3-4,7,9H2,1-2H3. The van der Waals surface area contributed by atoms with Crippen molar-refractivity contribution in [3.63, 3.8) is 0 Å². The molecule has 2 aromatic rings. The predicted molar refractivity (Wildman–Crippen MR) is 79.2 cm³/mol. The van der Waals surface area contributed by atoms with Crippen LogP contribution in [0.15, 0.2) is 18.2 Å². The van der Waals surface area contributed by atoms with Crippen molar-refractivity contribution in [2.75, 3.05) is 13.7 Å².